The maximum absolute atomic E-state index is 7.76. The molecule has 0 radical (unpaired) electrons. The molecule has 2 aromatic heterocycles. The van der Waals surface area contributed by atoms with Crippen molar-refractivity contribution in [1.82, 2.24) is 15.3 Å². The molecule has 0 aliphatic carbocycles. The fourth-order valence-corrected chi connectivity index (χ4v) is 2.88. The summed E-state index contributed by atoms with van der Waals surface area (Å²) < 4.78 is 7.76. The van der Waals surface area contributed by atoms with Crippen LogP contribution in [-0.2, 0) is 0 Å². The summed E-state index contributed by atoms with van der Waals surface area (Å²) >= 11 is 0. The maximum Gasteiger partial charge on any atom is 0.0863 e. The van der Waals surface area contributed by atoms with Gasteiger partial charge in [0.15, 0.2) is 0 Å². The monoisotopic (exact) mass is 284 g/mol. The number of nitrogens with one attached hydrogen (secondary N) is 2. The summed E-state index contributed by atoms with van der Waals surface area (Å²) in [5.41, 5.74) is 8.38. The summed E-state index contributed by atoms with van der Waals surface area (Å²) in [6.45, 7) is 2.06. The van der Waals surface area contributed by atoms with Crippen molar-refractivity contribution in [2.75, 3.05) is 24.1 Å². The molecule has 1 aliphatic heterocycles. The number of hydrogen-bond donors (Lipinski definition) is 3. The van der Waals surface area contributed by atoms with E-state index >= 15 is 0 Å². The Balaban J connectivity index is 1.89. The minimum atomic E-state index is 0.115. The van der Waals surface area contributed by atoms with Crippen molar-refractivity contribution < 1.29 is 1.37 Å². The van der Waals surface area contributed by atoms with Gasteiger partial charge in [-0.15, -0.1) is 0 Å². The number of nitrogens with two attached hydrogens (primary N) is 1. The van der Waals surface area contributed by atoms with E-state index in [1.54, 1.807) is 6.20 Å². The molecule has 0 bridgehead atoms. The van der Waals surface area contributed by atoms with Crippen LogP contribution in [0.5, 0.6) is 0 Å². The van der Waals surface area contributed by atoms with Gasteiger partial charge in [-0.1, -0.05) is 0 Å². The predicted octanol–water partition coefficient (Wildman–Crippen LogP) is 2.21. The van der Waals surface area contributed by atoms with Crippen LogP contribution in [0.2, 0.25) is 0 Å². The van der Waals surface area contributed by atoms with Crippen molar-refractivity contribution in [2.24, 2.45) is 5.92 Å². The van der Waals surface area contributed by atoms with Gasteiger partial charge in [-0.2, -0.15) is 0 Å². The molecule has 5 nitrogen and oxygen atoms in total. The topological polar surface area (TPSA) is 75.9 Å². The zero-order valence-corrected chi connectivity index (χ0v) is 11.9. The average Bonchev–Trinajstić information content (AvgIpc) is 2.58. The number of rotatable bonds is 4. The van der Waals surface area contributed by atoms with Crippen LogP contribution in [0.15, 0.2) is 43.0 Å². The summed E-state index contributed by atoms with van der Waals surface area (Å²) in [4.78, 5) is 8.02. The number of nitrogens with zero attached hydrogens (tertiary/aromatic N) is 2. The van der Waals surface area contributed by atoms with Crippen LogP contribution in [0.1, 0.15) is 25.8 Å². The van der Waals surface area contributed by atoms with Crippen LogP contribution >= 0.6 is 0 Å². The minimum Gasteiger partial charge on any atom is -0.396 e. The highest BCUT2D eigenvalue weighted by Gasteiger charge is 2.25. The second-order valence-electron chi connectivity index (χ2n) is 5.37. The smallest absolute Gasteiger partial charge is 0.0863 e. The average molecular weight is 284 g/mol. The first kappa shape index (κ1) is 12.6. The Labute approximate surface area is 126 Å². The van der Waals surface area contributed by atoms with Gasteiger partial charge in [0, 0.05) is 18.6 Å². The SMILES string of the molecule is [2H]c1nccc(NC(c2ccncc2)C2CCNCC2)c1N. The summed E-state index contributed by atoms with van der Waals surface area (Å²) in [6, 6.07) is 6.08. The third kappa shape index (κ3) is 3.31. The molecule has 0 saturated carbocycles. The first-order valence-electron chi connectivity index (χ1n) is 7.84. The fraction of sp³-hybridized carbons (Fsp3) is 0.375. The van der Waals surface area contributed by atoms with Gasteiger partial charge in [-0.05, 0) is 55.6 Å². The molecule has 4 N–H and O–H groups in total. The second-order valence-corrected chi connectivity index (χ2v) is 5.37. The lowest BCUT2D eigenvalue weighted by molar-refractivity contribution is 0.335. The predicted molar refractivity (Wildman–Crippen MR) is 84.8 cm³/mol. The van der Waals surface area contributed by atoms with Crippen LogP contribution in [0.4, 0.5) is 11.4 Å². The van der Waals surface area contributed by atoms with E-state index in [-0.39, 0.29) is 12.2 Å². The molecule has 0 spiro atoms. The molecule has 1 aliphatic rings. The lowest BCUT2D eigenvalue weighted by Gasteiger charge is -2.32. The van der Waals surface area contributed by atoms with Gasteiger partial charge >= 0.3 is 0 Å². The van der Waals surface area contributed by atoms with Crippen molar-refractivity contribution in [3.8, 4) is 0 Å². The second kappa shape index (κ2) is 6.54. The Morgan fingerprint density at radius 1 is 1.19 bits per heavy atom. The van der Waals surface area contributed by atoms with Crippen molar-refractivity contribution >= 4 is 11.4 Å². The highest BCUT2D eigenvalue weighted by atomic mass is 15.0. The van der Waals surface area contributed by atoms with Crippen LogP contribution in [0.3, 0.4) is 0 Å². The number of pyridine rings is 2. The molecule has 1 fully saturated rings. The van der Waals surface area contributed by atoms with E-state index in [0.29, 0.717) is 11.6 Å². The van der Waals surface area contributed by atoms with Crippen molar-refractivity contribution in [3.63, 3.8) is 0 Å². The molecule has 1 unspecified atom stereocenters. The summed E-state index contributed by atoms with van der Waals surface area (Å²) in [7, 11) is 0. The van der Waals surface area contributed by atoms with Crippen LogP contribution in [0.25, 0.3) is 0 Å². The fourth-order valence-electron chi connectivity index (χ4n) is 2.88. The first-order chi connectivity index (χ1) is 10.8. The van der Waals surface area contributed by atoms with Gasteiger partial charge in [0.2, 0.25) is 0 Å². The highest BCUT2D eigenvalue weighted by molar-refractivity contribution is 5.65. The van der Waals surface area contributed by atoms with Gasteiger partial charge in [0.1, 0.15) is 0 Å². The Morgan fingerprint density at radius 2 is 1.90 bits per heavy atom. The standard InChI is InChI=1S/C16H21N5/c17-14-11-20-10-5-15(14)21-16(12-1-6-18-7-2-12)13-3-8-19-9-4-13/h1-2,5-7,10-11,13,16,19H,3-4,8-9,17H2,(H,20,21)/i11D. The largest absolute Gasteiger partial charge is 0.396 e. The van der Waals surface area contributed by atoms with Gasteiger partial charge in [0.05, 0.1) is 25.0 Å². The molecule has 3 heterocycles. The number of nitrogen functional groups attached to an aromatic ring is 1. The Kier molecular flexibility index (Phi) is 3.92. The zero-order chi connectivity index (χ0) is 15.4. The molecule has 21 heavy (non-hydrogen) atoms. The molecule has 1 saturated heterocycles. The number of anilines is 2. The van der Waals surface area contributed by atoms with E-state index in [2.05, 4.69) is 20.6 Å². The molecule has 2 aromatic rings. The number of piperidine rings is 1. The Bertz CT molecular complexity index is 613. The highest BCUT2D eigenvalue weighted by Crippen LogP contribution is 2.33. The maximum atomic E-state index is 7.76. The molecule has 110 valence electrons. The molecule has 5 heteroatoms. The molecule has 0 aromatic carbocycles. The summed E-state index contributed by atoms with van der Waals surface area (Å²) in [6.07, 6.45) is 7.59. The molecular formula is C16H21N5. The van der Waals surface area contributed by atoms with Gasteiger partial charge in [-0.25, -0.2) is 0 Å². The van der Waals surface area contributed by atoms with Gasteiger partial charge < -0.3 is 16.4 Å². The Hall–Kier alpha value is -2.14. The van der Waals surface area contributed by atoms with E-state index < -0.39 is 0 Å². The Morgan fingerprint density at radius 3 is 2.67 bits per heavy atom. The van der Waals surface area contributed by atoms with Crippen LogP contribution in [0, 0.1) is 5.92 Å². The lowest BCUT2D eigenvalue weighted by Crippen LogP contribution is -2.33. The van der Waals surface area contributed by atoms with E-state index in [1.807, 2.05) is 30.6 Å². The van der Waals surface area contributed by atoms with E-state index in [0.717, 1.165) is 31.6 Å². The quantitative estimate of drug-likeness (QED) is 0.802. The zero-order valence-electron chi connectivity index (χ0n) is 12.9. The molecular weight excluding hydrogens is 262 g/mol. The third-order valence-electron chi connectivity index (χ3n) is 4.02. The third-order valence-corrected chi connectivity index (χ3v) is 4.02. The van der Waals surface area contributed by atoms with Crippen LogP contribution in [-0.4, -0.2) is 23.1 Å². The van der Waals surface area contributed by atoms with Crippen molar-refractivity contribution in [2.45, 2.75) is 18.9 Å². The molecule has 3 rings (SSSR count). The lowest BCUT2D eigenvalue weighted by atomic mass is 9.86. The van der Waals surface area contributed by atoms with Crippen molar-refractivity contribution in [3.05, 3.63) is 48.5 Å². The first-order valence-corrected chi connectivity index (χ1v) is 7.34. The normalized spacial score (nSPS) is 18.0. The summed E-state index contributed by atoms with van der Waals surface area (Å²) in [5.74, 6) is 0.519. The molecule has 0 amide bonds. The molecule has 1 atom stereocenters. The van der Waals surface area contributed by atoms with E-state index in [4.69, 9.17) is 7.10 Å². The number of aromatic nitrogens is 2. The summed E-state index contributed by atoms with van der Waals surface area (Å²) in [5, 5.41) is 6.93. The number of hydrogen-bond acceptors (Lipinski definition) is 5. The van der Waals surface area contributed by atoms with E-state index in [1.165, 1.54) is 5.56 Å². The van der Waals surface area contributed by atoms with Gasteiger partial charge in [0.25, 0.3) is 0 Å². The minimum absolute atomic E-state index is 0.115. The van der Waals surface area contributed by atoms with Crippen molar-refractivity contribution in [1.29, 1.82) is 0 Å². The van der Waals surface area contributed by atoms with Crippen LogP contribution < -0.4 is 16.4 Å². The van der Waals surface area contributed by atoms with E-state index in [9.17, 15) is 0 Å². The van der Waals surface area contributed by atoms with Gasteiger partial charge in [-0.3, -0.25) is 9.97 Å².